The predicted octanol–water partition coefficient (Wildman–Crippen LogP) is 3.16. The SMILES string of the molecule is Cc1nc(-c2cccnc2)nc(N2CCN(C(C(N)=O)c3ccc(Cl)cc3)CC2)c1C. The molecule has 7 nitrogen and oxygen atoms in total. The second-order valence-corrected chi connectivity index (χ2v) is 8.14. The summed E-state index contributed by atoms with van der Waals surface area (Å²) in [5.74, 6) is 1.24. The molecule has 31 heavy (non-hydrogen) atoms. The third kappa shape index (κ3) is 4.52. The van der Waals surface area contributed by atoms with E-state index in [0.29, 0.717) is 23.9 Å². The summed E-state index contributed by atoms with van der Waals surface area (Å²) in [6.07, 6.45) is 3.51. The maximum absolute atomic E-state index is 12.2. The van der Waals surface area contributed by atoms with Gasteiger partial charge in [0.1, 0.15) is 11.9 Å². The third-order valence-electron chi connectivity index (χ3n) is 5.72. The highest BCUT2D eigenvalue weighted by molar-refractivity contribution is 6.30. The van der Waals surface area contributed by atoms with Gasteiger partial charge in [0.15, 0.2) is 5.82 Å². The average molecular weight is 437 g/mol. The van der Waals surface area contributed by atoms with E-state index in [-0.39, 0.29) is 5.91 Å². The van der Waals surface area contributed by atoms with Gasteiger partial charge >= 0.3 is 0 Å². The number of carbonyl (C=O) groups is 1. The van der Waals surface area contributed by atoms with Crippen LogP contribution in [-0.2, 0) is 4.79 Å². The van der Waals surface area contributed by atoms with Crippen molar-refractivity contribution in [3.05, 3.63) is 70.6 Å². The lowest BCUT2D eigenvalue weighted by molar-refractivity contribution is -0.123. The number of piperazine rings is 1. The number of anilines is 1. The Labute approximate surface area is 186 Å². The molecule has 1 amide bonds. The molecule has 4 rings (SSSR count). The number of benzene rings is 1. The number of halogens is 1. The maximum atomic E-state index is 12.2. The minimum atomic E-state index is -0.474. The number of amides is 1. The summed E-state index contributed by atoms with van der Waals surface area (Å²) in [4.78, 5) is 30.3. The van der Waals surface area contributed by atoms with Crippen LogP contribution in [0.3, 0.4) is 0 Å². The largest absolute Gasteiger partial charge is 0.368 e. The summed E-state index contributed by atoms with van der Waals surface area (Å²) in [7, 11) is 0. The zero-order chi connectivity index (χ0) is 22.0. The quantitative estimate of drug-likeness (QED) is 0.661. The van der Waals surface area contributed by atoms with Crippen molar-refractivity contribution >= 4 is 23.3 Å². The van der Waals surface area contributed by atoms with Crippen molar-refractivity contribution in [3.63, 3.8) is 0 Å². The fourth-order valence-corrected chi connectivity index (χ4v) is 4.06. The van der Waals surface area contributed by atoms with Crippen LogP contribution in [0.5, 0.6) is 0 Å². The first-order valence-electron chi connectivity index (χ1n) is 10.2. The molecule has 1 fully saturated rings. The molecule has 1 aromatic carbocycles. The Bertz CT molecular complexity index is 1070. The van der Waals surface area contributed by atoms with E-state index in [9.17, 15) is 4.79 Å². The van der Waals surface area contributed by atoms with Crippen LogP contribution in [0.2, 0.25) is 5.02 Å². The first-order chi connectivity index (χ1) is 14.9. The van der Waals surface area contributed by atoms with Crippen molar-refractivity contribution in [2.45, 2.75) is 19.9 Å². The lowest BCUT2D eigenvalue weighted by atomic mass is 10.0. The zero-order valence-corrected chi connectivity index (χ0v) is 18.4. The van der Waals surface area contributed by atoms with Gasteiger partial charge in [-0.25, -0.2) is 9.97 Å². The van der Waals surface area contributed by atoms with Crippen LogP contribution in [0, 0.1) is 13.8 Å². The lowest BCUT2D eigenvalue weighted by Gasteiger charge is -2.39. The van der Waals surface area contributed by atoms with Crippen molar-refractivity contribution in [2.24, 2.45) is 5.73 Å². The Morgan fingerprint density at radius 1 is 1.06 bits per heavy atom. The Kier molecular flexibility index (Phi) is 6.15. The van der Waals surface area contributed by atoms with Crippen LogP contribution in [0.4, 0.5) is 5.82 Å². The third-order valence-corrected chi connectivity index (χ3v) is 5.97. The number of aryl methyl sites for hydroxylation is 1. The number of nitrogens with zero attached hydrogens (tertiary/aromatic N) is 5. The number of pyridine rings is 1. The molecule has 1 aliphatic rings. The number of carbonyl (C=O) groups excluding carboxylic acids is 1. The fraction of sp³-hybridized carbons (Fsp3) is 0.304. The molecule has 3 heterocycles. The van der Waals surface area contributed by atoms with Crippen molar-refractivity contribution in [2.75, 3.05) is 31.1 Å². The second kappa shape index (κ2) is 8.99. The van der Waals surface area contributed by atoms with E-state index < -0.39 is 6.04 Å². The van der Waals surface area contributed by atoms with Crippen LogP contribution >= 0.6 is 11.6 Å². The number of nitrogens with two attached hydrogens (primary N) is 1. The topological polar surface area (TPSA) is 88.2 Å². The molecule has 0 bridgehead atoms. The summed E-state index contributed by atoms with van der Waals surface area (Å²) in [6, 6.07) is 10.7. The molecule has 0 spiro atoms. The van der Waals surface area contributed by atoms with Gasteiger partial charge in [-0.1, -0.05) is 23.7 Å². The Balaban J connectivity index is 1.55. The molecule has 1 atom stereocenters. The molecule has 8 heteroatoms. The molecule has 0 radical (unpaired) electrons. The molecule has 2 aromatic heterocycles. The Morgan fingerprint density at radius 2 is 1.77 bits per heavy atom. The summed E-state index contributed by atoms with van der Waals surface area (Å²) in [6.45, 7) is 6.91. The molecular weight excluding hydrogens is 412 g/mol. The minimum Gasteiger partial charge on any atom is -0.368 e. The van der Waals surface area contributed by atoms with Crippen molar-refractivity contribution in [1.82, 2.24) is 19.9 Å². The molecule has 0 saturated carbocycles. The first kappa shape index (κ1) is 21.2. The number of hydrogen-bond acceptors (Lipinski definition) is 6. The van der Waals surface area contributed by atoms with E-state index in [1.165, 1.54) is 0 Å². The summed E-state index contributed by atoms with van der Waals surface area (Å²) in [5, 5.41) is 0.635. The summed E-state index contributed by atoms with van der Waals surface area (Å²) >= 11 is 6.00. The van der Waals surface area contributed by atoms with Gasteiger partial charge in [-0.05, 0) is 43.7 Å². The number of rotatable bonds is 5. The van der Waals surface area contributed by atoms with Crippen LogP contribution in [0.1, 0.15) is 22.9 Å². The van der Waals surface area contributed by atoms with E-state index in [0.717, 1.165) is 41.3 Å². The molecule has 0 aliphatic carbocycles. The normalized spacial score (nSPS) is 15.6. The molecule has 2 N–H and O–H groups in total. The Morgan fingerprint density at radius 3 is 2.39 bits per heavy atom. The standard InChI is InChI=1S/C23H25ClN6O/c1-15-16(2)27-22(18-4-3-9-26-14-18)28-23(15)30-12-10-29(11-13-30)20(21(25)31)17-5-7-19(24)8-6-17/h3-9,14,20H,10-13H2,1-2H3,(H2,25,31). The predicted molar refractivity (Wildman–Crippen MR) is 122 cm³/mol. The zero-order valence-electron chi connectivity index (χ0n) is 17.6. The smallest absolute Gasteiger partial charge is 0.239 e. The highest BCUT2D eigenvalue weighted by Crippen LogP contribution is 2.28. The van der Waals surface area contributed by atoms with E-state index in [2.05, 4.69) is 19.8 Å². The van der Waals surface area contributed by atoms with Crippen molar-refractivity contribution < 1.29 is 4.79 Å². The monoisotopic (exact) mass is 436 g/mol. The van der Waals surface area contributed by atoms with Crippen LogP contribution in [0.25, 0.3) is 11.4 Å². The van der Waals surface area contributed by atoms with Gasteiger partial charge in [-0.3, -0.25) is 14.7 Å². The van der Waals surface area contributed by atoms with E-state index in [1.807, 2.05) is 38.1 Å². The molecule has 1 saturated heterocycles. The van der Waals surface area contributed by atoms with Crippen LogP contribution < -0.4 is 10.6 Å². The van der Waals surface area contributed by atoms with Crippen molar-refractivity contribution in [3.8, 4) is 11.4 Å². The lowest BCUT2D eigenvalue weighted by Crippen LogP contribution is -2.50. The van der Waals surface area contributed by atoms with Gasteiger partial charge in [-0.2, -0.15) is 0 Å². The van der Waals surface area contributed by atoms with Crippen LogP contribution in [0.15, 0.2) is 48.8 Å². The Hall–Kier alpha value is -3.03. The number of hydrogen-bond donors (Lipinski definition) is 1. The van der Waals surface area contributed by atoms with Gasteiger partial charge < -0.3 is 10.6 Å². The van der Waals surface area contributed by atoms with Gasteiger partial charge in [0.2, 0.25) is 5.91 Å². The fourth-order valence-electron chi connectivity index (χ4n) is 3.94. The van der Waals surface area contributed by atoms with E-state index in [1.54, 1.807) is 24.5 Å². The average Bonchev–Trinajstić information content (AvgIpc) is 2.78. The van der Waals surface area contributed by atoms with E-state index >= 15 is 0 Å². The van der Waals surface area contributed by atoms with Gasteiger partial charge in [0.25, 0.3) is 0 Å². The van der Waals surface area contributed by atoms with Crippen molar-refractivity contribution in [1.29, 1.82) is 0 Å². The highest BCUT2D eigenvalue weighted by atomic mass is 35.5. The molecule has 1 aliphatic heterocycles. The summed E-state index contributed by atoms with van der Waals surface area (Å²) in [5.41, 5.74) is 9.52. The number of primary amides is 1. The minimum absolute atomic E-state index is 0.358. The maximum Gasteiger partial charge on any atom is 0.239 e. The second-order valence-electron chi connectivity index (χ2n) is 7.70. The highest BCUT2D eigenvalue weighted by Gasteiger charge is 2.30. The van der Waals surface area contributed by atoms with Crippen LogP contribution in [-0.4, -0.2) is 51.9 Å². The number of aromatic nitrogens is 3. The first-order valence-corrected chi connectivity index (χ1v) is 10.6. The molecule has 3 aromatic rings. The van der Waals surface area contributed by atoms with Gasteiger partial charge in [-0.15, -0.1) is 0 Å². The molecular formula is C23H25ClN6O. The molecule has 160 valence electrons. The van der Waals surface area contributed by atoms with E-state index in [4.69, 9.17) is 22.3 Å². The summed E-state index contributed by atoms with van der Waals surface area (Å²) < 4.78 is 0. The van der Waals surface area contributed by atoms with Gasteiger partial charge in [0.05, 0.1) is 0 Å². The molecule has 1 unspecified atom stereocenters. The van der Waals surface area contributed by atoms with Gasteiger partial charge in [0, 0.05) is 60.4 Å².